The lowest BCUT2D eigenvalue weighted by Crippen LogP contribution is -2.39. The van der Waals surface area contributed by atoms with E-state index in [1.165, 1.54) is 5.56 Å². The standard InChI is InChI=1S/C19H22N2O/c1-21(17-10-6-3-7-11-17)14-18(22)20-15-19(12-13-19)16-8-4-2-5-9-16/h2-11H,12-15H2,1H3,(H,20,22). The minimum Gasteiger partial charge on any atom is -0.365 e. The average Bonchev–Trinajstić information content (AvgIpc) is 3.36. The van der Waals surface area contributed by atoms with Crippen LogP contribution < -0.4 is 10.2 Å². The van der Waals surface area contributed by atoms with E-state index >= 15 is 0 Å². The number of rotatable bonds is 6. The minimum atomic E-state index is 0.0774. The first-order valence-corrected chi connectivity index (χ1v) is 7.78. The molecular formula is C19H22N2O. The summed E-state index contributed by atoms with van der Waals surface area (Å²) in [5.74, 6) is 0.0774. The summed E-state index contributed by atoms with van der Waals surface area (Å²) in [5, 5.41) is 3.10. The molecule has 2 aromatic carbocycles. The summed E-state index contributed by atoms with van der Waals surface area (Å²) >= 11 is 0. The van der Waals surface area contributed by atoms with Gasteiger partial charge in [0.25, 0.3) is 0 Å². The highest BCUT2D eigenvalue weighted by Gasteiger charge is 2.44. The molecule has 1 N–H and O–H groups in total. The number of likely N-dealkylation sites (N-methyl/N-ethyl adjacent to an activating group) is 1. The summed E-state index contributed by atoms with van der Waals surface area (Å²) in [6, 6.07) is 20.5. The van der Waals surface area contributed by atoms with Crippen LogP contribution in [0.25, 0.3) is 0 Å². The largest absolute Gasteiger partial charge is 0.365 e. The van der Waals surface area contributed by atoms with Crippen LogP contribution in [0.3, 0.4) is 0 Å². The summed E-state index contributed by atoms with van der Waals surface area (Å²) in [4.78, 5) is 14.1. The highest BCUT2D eigenvalue weighted by atomic mass is 16.2. The van der Waals surface area contributed by atoms with Gasteiger partial charge in [-0.25, -0.2) is 0 Å². The van der Waals surface area contributed by atoms with Crippen LogP contribution in [-0.4, -0.2) is 26.0 Å². The number of benzene rings is 2. The number of hydrogen-bond donors (Lipinski definition) is 1. The molecule has 0 radical (unpaired) electrons. The Morgan fingerprint density at radius 1 is 1.05 bits per heavy atom. The molecule has 0 unspecified atom stereocenters. The zero-order valence-electron chi connectivity index (χ0n) is 13.0. The number of hydrogen-bond acceptors (Lipinski definition) is 2. The number of carbonyl (C=O) groups is 1. The molecule has 0 aromatic heterocycles. The predicted octanol–water partition coefficient (Wildman–Crippen LogP) is 2.97. The molecule has 1 aliphatic carbocycles. The fraction of sp³-hybridized carbons (Fsp3) is 0.316. The molecule has 22 heavy (non-hydrogen) atoms. The third-order valence-electron chi connectivity index (χ3n) is 4.44. The van der Waals surface area contributed by atoms with E-state index in [-0.39, 0.29) is 11.3 Å². The van der Waals surface area contributed by atoms with Gasteiger partial charge in [-0.2, -0.15) is 0 Å². The van der Waals surface area contributed by atoms with Gasteiger partial charge in [0.05, 0.1) is 6.54 Å². The van der Waals surface area contributed by atoms with Crippen molar-refractivity contribution in [1.29, 1.82) is 0 Å². The van der Waals surface area contributed by atoms with Gasteiger partial charge in [0.2, 0.25) is 5.91 Å². The van der Waals surface area contributed by atoms with Gasteiger partial charge in [-0.1, -0.05) is 48.5 Å². The normalized spacial score (nSPS) is 15.1. The molecule has 3 heteroatoms. The SMILES string of the molecule is CN(CC(=O)NCC1(c2ccccc2)CC1)c1ccccc1. The van der Waals surface area contributed by atoms with Crippen LogP contribution in [-0.2, 0) is 10.2 Å². The van der Waals surface area contributed by atoms with Gasteiger partial charge in [-0.15, -0.1) is 0 Å². The van der Waals surface area contributed by atoms with Crippen LogP contribution in [0.1, 0.15) is 18.4 Å². The molecule has 0 atom stereocenters. The van der Waals surface area contributed by atoms with Crippen molar-refractivity contribution in [2.45, 2.75) is 18.3 Å². The molecular weight excluding hydrogens is 272 g/mol. The maximum atomic E-state index is 12.2. The van der Waals surface area contributed by atoms with Crippen molar-refractivity contribution in [2.24, 2.45) is 0 Å². The molecule has 0 spiro atoms. The van der Waals surface area contributed by atoms with E-state index < -0.39 is 0 Å². The Labute approximate surface area is 132 Å². The van der Waals surface area contributed by atoms with E-state index in [9.17, 15) is 4.79 Å². The van der Waals surface area contributed by atoms with Crippen molar-refractivity contribution in [3.05, 3.63) is 66.2 Å². The molecule has 0 heterocycles. The first-order valence-electron chi connectivity index (χ1n) is 7.78. The van der Waals surface area contributed by atoms with Crippen LogP contribution in [0.4, 0.5) is 5.69 Å². The van der Waals surface area contributed by atoms with Gasteiger partial charge in [-0.3, -0.25) is 4.79 Å². The summed E-state index contributed by atoms with van der Waals surface area (Å²) in [6.45, 7) is 1.12. The highest BCUT2D eigenvalue weighted by Crippen LogP contribution is 2.47. The maximum Gasteiger partial charge on any atom is 0.239 e. The molecule has 2 aromatic rings. The smallest absolute Gasteiger partial charge is 0.239 e. The Kier molecular flexibility index (Phi) is 4.14. The Balaban J connectivity index is 1.53. The van der Waals surface area contributed by atoms with E-state index in [4.69, 9.17) is 0 Å². The number of nitrogens with one attached hydrogen (secondary N) is 1. The van der Waals surface area contributed by atoms with Gasteiger partial charge in [0.15, 0.2) is 0 Å². The number of para-hydroxylation sites is 1. The fourth-order valence-electron chi connectivity index (χ4n) is 2.82. The second kappa shape index (κ2) is 6.22. The Bertz CT molecular complexity index is 620. The maximum absolute atomic E-state index is 12.2. The fourth-order valence-corrected chi connectivity index (χ4v) is 2.82. The molecule has 0 saturated heterocycles. The van der Waals surface area contributed by atoms with Gasteiger partial charge in [0, 0.05) is 24.7 Å². The van der Waals surface area contributed by atoms with E-state index in [2.05, 4.69) is 29.6 Å². The lowest BCUT2D eigenvalue weighted by molar-refractivity contribution is -0.119. The monoisotopic (exact) mass is 294 g/mol. The third-order valence-corrected chi connectivity index (χ3v) is 4.44. The number of nitrogens with zero attached hydrogens (tertiary/aromatic N) is 1. The molecule has 0 aliphatic heterocycles. The number of carbonyl (C=O) groups excluding carboxylic acids is 1. The summed E-state index contributed by atoms with van der Waals surface area (Å²) in [7, 11) is 1.94. The molecule has 114 valence electrons. The van der Waals surface area contributed by atoms with Crippen molar-refractivity contribution in [3.8, 4) is 0 Å². The van der Waals surface area contributed by atoms with Crippen molar-refractivity contribution in [3.63, 3.8) is 0 Å². The van der Waals surface area contributed by atoms with Crippen LogP contribution in [0.5, 0.6) is 0 Å². The van der Waals surface area contributed by atoms with E-state index in [0.29, 0.717) is 6.54 Å². The first kappa shape index (κ1) is 14.6. The van der Waals surface area contributed by atoms with Gasteiger partial charge < -0.3 is 10.2 Å². The molecule has 1 fully saturated rings. The first-order chi connectivity index (χ1) is 10.7. The van der Waals surface area contributed by atoms with Crippen molar-refractivity contribution < 1.29 is 4.79 Å². The highest BCUT2D eigenvalue weighted by molar-refractivity contribution is 5.81. The number of anilines is 1. The molecule has 1 amide bonds. The average molecular weight is 294 g/mol. The predicted molar refractivity (Wildman–Crippen MR) is 90.1 cm³/mol. The van der Waals surface area contributed by atoms with E-state index in [1.807, 2.05) is 48.3 Å². The number of amides is 1. The van der Waals surface area contributed by atoms with E-state index in [0.717, 1.165) is 25.1 Å². The summed E-state index contributed by atoms with van der Waals surface area (Å²) in [6.07, 6.45) is 2.32. The van der Waals surface area contributed by atoms with Crippen LogP contribution >= 0.6 is 0 Å². The molecule has 3 rings (SSSR count). The molecule has 1 saturated carbocycles. The van der Waals surface area contributed by atoms with Crippen molar-refractivity contribution in [1.82, 2.24) is 5.32 Å². The zero-order valence-corrected chi connectivity index (χ0v) is 13.0. The second-order valence-electron chi connectivity index (χ2n) is 6.11. The lowest BCUT2D eigenvalue weighted by Gasteiger charge is -2.21. The Hall–Kier alpha value is -2.29. The molecule has 1 aliphatic rings. The molecule has 0 bridgehead atoms. The van der Waals surface area contributed by atoms with Gasteiger partial charge in [-0.05, 0) is 30.5 Å². The second-order valence-corrected chi connectivity index (χ2v) is 6.11. The van der Waals surface area contributed by atoms with Crippen molar-refractivity contribution >= 4 is 11.6 Å². The van der Waals surface area contributed by atoms with Crippen LogP contribution in [0.15, 0.2) is 60.7 Å². The summed E-state index contributed by atoms with van der Waals surface area (Å²) < 4.78 is 0. The van der Waals surface area contributed by atoms with Gasteiger partial charge in [0.1, 0.15) is 0 Å². The Morgan fingerprint density at radius 3 is 2.23 bits per heavy atom. The minimum absolute atomic E-state index is 0.0774. The third kappa shape index (κ3) is 3.30. The quantitative estimate of drug-likeness (QED) is 0.888. The van der Waals surface area contributed by atoms with Gasteiger partial charge >= 0.3 is 0 Å². The van der Waals surface area contributed by atoms with Crippen LogP contribution in [0.2, 0.25) is 0 Å². The van der Waals surface area contributed by atoms with Crippen molar-refractivity contribution in [2.75, 3.05) is 25.0 Å². The van der Waals surface area contributed by atoms with E-state index in [1.54, 1.807) is 0 Å². The molecule has 3 nitrogen and oxygen atoms in total. The van der Waals surface area contributed by atoms with Crippen LogP contribution in [0, 0.1) is 0 Å². The summed E-state index contributed by atoms with van der Waals surface area (Å²) in [5.41, 5.74) is 2.57. The Morgan fingerprint density at radius 2 is 1.64 bits per heavy atom. The topological polar surface area (TPSA) is 32.3 Å². The zero-order chi connectivity index (χ0) is 15.4. The lowest BCUT2D eigenvalue weighted by atomic mass is 9.96.